The molecule has 6 nitrogen and oxygen atoms in total. The first-order valence-corrected chi connectivity index (χ1v) is 3.81. The molecule has 0 aliphatic rings. The highest BCUT2D eigenvalue weighted by Crippen LogP contribution is 2.08. The van der Waals surface area contributed by atoms with Gasteiger partial charge in [-0.2, -0.15) is 0 Å². The van der Waals surface area contributed by atoms with Gasteiger partial charge in [-0.05, 0) is 6.92 Å². The molecule has 0 saturated heterocycles. The molecular formula is C8H10N2O4. The van der Waals surface area contributed by atoms with Gasteiger partial charge in [-0.1, -0.05) is 10.3 Å². The predicted octanol–water partition coefficient (Wildman–Crippen LogP) is 0.507. The second-order valence-electron chi connectivity index (χ2n) is 2.45. The molecule has 0 saturated carbocycles. The standard InChI is InChI=1S/C8H10N2O4/c1-5-4-9-14-7(5)6(10-13-3)8(11)12-2/h4H,1-3H3. The first kappa shape index (κ1) is 10.2. The number of methoxy groups -OCH3 is 1. The van der Waals surface area contributed by atoms with E-state index in [2.05, 4.69) is 19.9 Å². The van der Waals surface area contributed by atoms with Crippen molar-refractivity contribution >= 4 is 11.7 Å². The van der Waals surface area contributed by atoms with Gasteiger partial charge in [0.25, 0.3) is 0 Å². The Morgan fingerprint density at radius 3 is 2.71 bits per heavy atom. The number of hydrogen-bond acceptors (Lipinski definition) is 6. The third kappa shape index (κ3) is 1.90. The smallest absolute Gasteiger partial charge is 0.364 e. The predicted molar refractivity (Wildman–Crippen MR) is 46.8 cm³/mol. The summed E-state index contributed by atoms with van der Waals surface area (Å²) in [7, 11) is 2.58. The van der Waals surface area contributed by atoms with E-state index in [0.29, 0.717) is 5.56 Å². The lowest BCUT2D eigenvalue weighted by Gasteiger charge is -1.99. The van der Waals surface area contributed by atoms with Crippen molar-refractivity contribution < 1.29 is 18.9 Å². The van der Waals surface area contributed by atoms with Crippen LogP contribution >= 0.6 is 0 Å². The topological polar surface area (TPSA) is 73.9 Å². The Labute approximate surface area is 80.5 Å². The zero-order valence-electron chi connectivity index (χ0n) is 8.10. The summed E-state index contributed by atoms with van der Waals surface area (Å²) in [6.45, 7) is 1.74. The number of ether oxygens (including phenoxy) is 1. The summed E-state index contributed by atoms with van der Waals surface area (Å²) in [6, 6.07) is 0. The number of carbonyl (C=O) groups is 1. The minimum absolute atomic E-state index is 0.0370. The third-order valence-electron chi connectivity index (χ3n) is 1.52. The molecule has 0 aromatic carbocycles. The number of aryl methyl sites for hydroxylation is 1. The minimum Gasteiger partial charge on any atom is -0.464 e. The Morgan fingerprint density at radius 1 is 1.57 bits per heavy atom. The number of carbonyl (C=O) groups excluding carboxylic acids is 1. The molecule has 0 atom stereocenters. The lowest BCUT2D eigenvalue weighted by Crippen LogP contribution is -2.17. The molecular weight excluding hydrogens is 188 g/mol. The van der Waals surface area contributed by atoms with Gasteiger partial charge in [0, 0.05) is 5.56 Å². The second-order valence-corrected chi connectivity index (χ2v) is 2.45. The van der Waals surface area contributed by atoms with E-state index in [1.807, 2.05) is 0 Å². The van der Waals surface area contributed by atoms with Crippen LogP contribution in [0.25, 0.3) is 0 Å². The summed E-state index contributed by atoms with van der Waals surface area (Å²) in [4.78, 5) is 15.7. The minimum atomic E-state index is -0.633. The fourth-order valence-electron chi connectivity index (χ4n) is 0.878. The Bertz CT molecular complexity index is 356. The van der Waals surface area contributed by atoms with E-state index in [1.54, 1.807) is 6.92 Å². The van der Waals surface area contributed by atoms with Gasteiger partial charge in [0.1, 0.15) is 7.11 Å². The number of nitrogens with zero attached hydrogens (tertiary/aromatic N) is 2. The van der Waals surface area contributed by atoms with Crippen LogP contribution in [0.4, 0.5) is 0 Å². The first-order valence-electron chi connectivity index (χ1n) is 3.81. The largest absolute Gasteiger partial charge is 0.464 e. The van der Waals surface area contributed by atoms with Crippen LogP contribution in [0.3, 0.4) is 0 Å². The molecule has 0 N–H and O–H groups in total. The zero-order chi connectivity index (χ0) is 10.6. The molecule has 0 bridgehead atoms. The molecule has 1 rings (SSSR count). The summed E-state index contributed by atoms with van der Waals surface area (Å²) < 4.78 is 9.35. The molecule has 0 aliphatic heterocycles. The molecule has 14 heavy (non-hydrogen) atoms. The van der Waals surface area contributed by atoms with Crippen molar-refractivity contribution in [2.45, 2.75) is 6.92 Å². The van der Waals surface area contributed by atoms with Crippen LogP contribution in [-0.4, -0.2) is 31.1 Å². The molecule has 1 aromatic rings. The molecule has 6 heteroatoms. The number of hydrogen-bond donors (Lipinski definition) is 0. The van der Waals surface area contributed by atoms with Gasteiger partial charge in [-0.25, -0.2) is 4.79 Å². The maximum Gasteiger partial charge on any atom is 0.364 e. The normalized spacial score (nSPS) is 11.2. The van der Waals surface area contributed by atoms with E-state index in [0.717, 1.165) is 0 Å². The summed E-state index contributed by atoms with van der Waals surface area (Å²) in [5.74, 6) is -0.384. The highest BCUT2D eigenvalue weighted by Gasteiger charge is 2.21. The van der Waals surface area contributed by atoms with E-state index in [9.17, 15) is 4.79 Å². The summed E-state index contributed by atoms with van der Waals surface area (Å²) in [5.41, 5.74) is 0.649. The fourth-order valence-corrected chi connectivity index (χ4v) is 0.878. The summed E-state index contributed by atoms with van der Waals surface area (Å²) in [6.07, 6.45) is 1.48. The van der Waals surface area contributed by atoms with Crippen LogP contribution in [0.5, 0.6) is 0 Å². The van der Waals surface area contributed by atoms with Gasteiger partial charge in [0.15, 0.2) is 5.76 Å². The van der Waals surface area contributed by atoms with Crippen molar-refractivity contribution in [2.75, 3.05) is 14.2 Å². The van der Waals surface area contributed by atoms with Gasteiger partial charge in [-0.3, -0.25) is 0 Å². The summed E-state index contributed by atoms with van der Waals surface area (Å²) in [5, 5.41) is 7.03. The molecule has 0 radical (unpaired) electrons. The van der Waals surface area contributed by atoms with Gasteiger partial charge in [0.05, 0.1) is 13.3 Å². The Hall–Kier alpha value is -1.85. The van der Waals surface area contributed by atoms with Gasteiger partial charge < -0.3 is 14.1 Å². The highest BCUT2D eigenvalue weighted by molar-refractivity contribution is 6.42. The van der Waals surface area contributed by atoms with Crippen molar-refractivity contribution in [3.8, 4) is 0 Å². The van der Waals surface area contributed by atoms with E-state index in [1.165, 1.54) is 20.4 Å². The average Bonchev–Trinajstić information content (AvgIpc) is 2.60. The molecule has 1 aromatic heterocycles. The molecule has 0 unspecified atom stereocenters. The fraction of sp³-hybridized carbons (Fsp3) is 0.375. The molecule has 0 fully saturated rings. The number of rotatable bonds is 3. The number of oxime groups is 1. The zero-order valence-corrected chi connectivity index (χ0v) is 8.10. The van der Waals surface area contributed by atoms with Crippen molar-refractivity contribution in [3.63, 3.8) is 0 Å². The van der Waals surface area contributed by atoms with E-state index >= 15 is 0 Å². The van der Waals surface area contributed by atoms with E-state index < -0.39 is 5.97 Å². The Kier molecular flexibility index (Phi) is 3.22. The SMILES string of the molecule is CON=C(C(=O)OC)c1oncc1C. The third-order valence-corrected chi connectivity index (χ3v) is 1.52. The average molecular weight is 198 g/mol. The lowest BCUT2D eigenvalue weighted by atomic mass is 10.2. The van der Waals surface area contributed by atoms with Crippen LogP contribution in [0.15, 0.2) is 15.9 Å². The maximum absolute atomic E-state index is 11.2. The second kappa shape index (κ2) is 4.40. The molecule has 0 amide bonds. The van der Waals surface area contributed by atoms with Gasteiger partial charge in [-0.15, -0.1) is 0 Å². The van der Waals surface area contributed by atoms with Gasteiger partial charge in [0.2, 0.25) is 5.71 Å². The molecule has 1 heterocycles. The van der Waals surface area contributed by atoms with Crippen LogP contribution in [-0.2, 0) is 14.4 Å². The van der Waals surface area contributed by atoms with Crippen molar-refractivity contribution in [1.29, 1.82) is 0 Å². The highest BCUT2D eigenvalue weighted by atomic mass is 16.6. The van der Waals surface area contributed by atoms with Crippen LogP contribution in [0.1, 0.15) is 11.3 Å². The van der Waals surface area contributed by atoms with Gasteiger partial charge >= 0.3 is 5.97 Å². The molecule has 76 valence electrons. The monoisotopic (exact) mass is 198 g/mol. The maximum atomic E-state index is 11.2. The van der Waals surface area contributed by atoms with E-state index in [-0.39, 0.29) is 11.5 Å². The van der Waals surface area contributed by atoms with Crippen molar-refractivity contribution in [1.82, 2.24) is 5.16 Å². The quantitative estimate of drug-likeness (QED) is 0.402. The first-order chi connectivity index (χ1) is 6.70. The Balaban J connectivity index is 3.07. The van der Waals surface area contributed by atoms with Crippen molar-refractivity contribution in [2.24, 2.45) is 5.16 Å². The lowest BCUT2D eigenvalue weighted by molar-refractivity contribution is -0.132. The molecule has 0 aliphatic carbocycles. The Morgan fingerprint density at radius 2 is 2.29 bits per heavy atom. The number of aromatic nitrogens is 1. The number of esters is 1. The molecule has 0 spiro atoms. The van der Waals surface area contributed by atoms with E-state index in [4.69, 9.17) is 4.52 Å². The van der Waals surface area contributed by atoms with Crippen LogP contribution < -0.4 is 0 Å². The van der Waals surface area contributed by atoms with Crippen molar-refractivity contribution in [3.05, 3.63) is 17.5 Å². The summed E-state index contributed by atoms with van der Waals surface area (Å²) >= 11 is 0. The van der Waals surface area contributed by atoms with Crippen LogP contribution in [0, 0.1) is 6.92 Å². The van der Waals surface area contributed by atoms with Crippen LogP contribution in [0.2, 0.25) is 0 Å².